The molecule has 0 aliphatic rings. The summed E-state index contributed by atoms with van der Waals surface area (Å²) in [6, 6.07) is 0. The van der Waals surface area contributed by atoms with Gasteiger partial charge in [0.1, 0.15) is 0 Å². The van der Waals surface area contributed by atoms with Gasteiger partial charge in [-0.1, -0.05) is 0 Å². The van der Waals surface area contributed by atoms with E-state index >= 15 is 0 Å². The molecule has 0 radical (unpaired) electrons. The Hall–Kier alpha value is 1.12. The summed E-state index contributed by atoms with van der Waals surface area (Å²) in [6.45, 7) is 4.59. The molecule has 0 aliphatic carbocycles. The van der Waals surface area contributed by atoms with E-state index in [9.17, 15) is 0 Å². The molecular formula is C8H22Cl2Ge. The molecule has 0 spiro atoms. The minimum absolute atomic E-state index is 0. The van der Waals surface area contributed by atoms with Crippen LogP contribution < -0.4 is 0 Å². The fourth-order valence-corrected chi connectivity index (χ4v) is 5.35. The van der Waals surface area contributed by atoms with Crippen molar-refractivity contribution in [3.05, 3.63) is 0 Å². The summed E-state index contributed by atoms with van der Waals surface area (Å²) in [5.41, 5.74) is 0. The predicted octanol–water partition coefficient (Wildman–Crippen LogP) is 3.44. The zero-order valence-electron chi connectivity index (χ0n) is 7.77. The third-order valence-electron chi connectivity index (χ3n) is 1.71. The molecule has 0 aliphatic heterocycles. The van der Waals surface area contributed by atoms with Gasteiger partial charge in [-0.3, -0.25) is 0 Å². The molecule has 0 atom stereocenters. The molecule has 0 saturated heterocycles. The second-order valence-corrected chi connectivity index (χ2v) is 7.22. The van der Waals surface area contributed by atoms with Gasteiger partial charge in [-0.25, -0.2) is 0 Å². The van der Waals surface area contributed by atoms with Crippen LogP contribution in [0.3, 0.4) is 0 Å². The Bertz CT molecular complexity index is 45.4. The first kappa shape index (κ1) is 18.0. The van der Waals surface area contributed by atoms with Crippen LogP contribution in [0.4, 0.5) is 0 Å². The summed E-state index contributed by atoms with van der Waals surface area (Å²) in [4.78, 5) is 0. The second-order valence-electron chi connectivity index (χ2n) is 2.77. The fourth-order valence-electron chi connectivity index (χ4n) is 1.03. The van der Waals surface area contributed by atoms with Gasteiger partial charge in [0.2, 0.25) is 0 Å². The molecule has 0 aromatic carbocycles. The van der Waals surface area contributed by atoms with Crippen molar-refractivity contribution in [1.29, 1.82) is 0 Å². The standard InChI is InChI=1S/C8H20Ge.2ClH/c1-3-5-7-9-8-6-4-2;;/h3-9H2,1-2H3;2*1H. The van der Waals surface area contributed by atoms with Gasteiger partial charge in [-0.2, -0.15) is 0 Å². The molecular weight excluding hydrogens is 240 g/mol. The molecule has 3 heteroatoms. The topological polar surface area (TPSA) is 0 Å². The van der Waals surface area contributed by atoms with Gasteiger partial charge in [-0.15, -0.1) is 24.8 Å². The van der Waals surface area contributed by atoms with E-state index in [1.807, 2.05) is 0 Å². The smallest absolute Gasteiger partial charge is 0.147 e. The van der Waals surface area contributed by atoms with Gasteiger partial charge in [0.05, 0.1) is 0 Å². The van der Waals surface area contributed by atoms with Crippen molar-refractivity contribution in [2.45, 2.75) is 50.0 Å². The molecule has 0 bridgehead atoms. The predicted molar refractivity (Wildman–Crippen MR) is 62.5 cm³/mol. The molecule has 0 aromatic rings. The number of hydrogen-bond acceptors (Lipinski definition) is 0. The van der Waals surface area contributed by atoms with Gasteiger partial charge in [0.15, 0.2) is 0 Å². The number of unbranched alkanes of at least 4 members (excludes halogenated alkanes) is 2. The molecule has 0 nitrogen and oxygen atoms in total. The molecule has 0 unspecified atom stereocenters. The Morgan fingerprint density at radius 3 is 1.45 bits per heavy atom. The molecule has 0 fully saturated rings. The first-order chi connectivity index (χ1) is 4.41. The first-order valence-corrected chi connectivity index (χ1v) is 8.61. The quantitative estimate of drug-likeness (QED) is 0.508. The Kier molecular flexibility index (Phi) is 28.3. The molecule has 11 heavy (non-hydrogen) atoms. The minimum Gasteiger partial charge on any atom is -0.147 e. The van der Waals surface area contributed by atoms with Crippen molar-refractivity contribution in [2.24, 2.45) is 0 Å². The monoisotopic (exact) mass is 262 g/mol. The largest absolute Gasteiger partial charge is 0.147 e. The summed E-state index contributed by atoms with van der Waals surface area (Å²) >= 11 is 0.0146. The van der Waals surface area contributed by atoms with Crippen molar-refractivity contribution < 1.29 is 0 Å². The Labute approximate surface area is 90.2 Å². The van der Waals surface area contributed by atoms with E-state index in [-0.39, 0.29) is 40.2 Å². The maximum absolute atomic E-state index is 2.29. The van der Waals surface area contributed by atoms with E-state index in [4.69, 9.17) is 0 Å². The van der Waals surface area contributed by atoms with Gasteiger partial charge in [0, 0.05) is 0 Å². The zero-order chi connectivity index (χ0) is 6.95. The van der Waals surface area contributed by atoms with Gasteiger partial charge in [0.25, 0.3) is 0 Å². The van der Waals surface area contributed by atoms with Crippen LogP contribution in [0.5, 0.6) is 0 Å². The van der Waals surface area contributed by atoms with Crippen LogP contribution in [-0.2, 0) is 0 Å². The molecule has 72 valence electrons. The Balaban J connectivity index is -0.000000320. The number of hydrogen-bond donors (Lipinski definition) is 0. The maximum Gasteiger partial charge on any atom is -0.147 e. The van der Waals surface area contributed by atoms with Crippen LogP contribution >= 0.6 is 24.8 Å². The van der Waals surface area contributed by atoms with Crippen molar-refractivity contribution in [3.63, 3.8) is 0 Å². The third-order valence-corrected chi connectivity index (χ3v) is 5.90. The summed E-state index contributed by atoms with van der Waals surface area (Å²) in [6.07, 6.45) is 5.86. The van der Waals surface area contributed by atoms with Crippen molar-refractivity contribution in [2.75, 3.05) is 0 Å². The normalized spacial score (nSPS) is 8.18. The van der Waals surface area contributed by atoms with Crippen molar-refractivity contribution >= 4 is 40.2 Å². The molecule has 0 rings (SSSR count). The molecule has 0 N–H and O–H groups in total. The van der Waals surface area contributed by atoms with Gasteiger partial charge >= 0.3 is 65.5 Å². The SMILES string of the molecule is CCC[CH2][GeH2][CH2]CCC.Cl.Cl. The molecule has 0 heterocycles. The summed E-state index contributed by atoms with van der Waals surface area (Å²) in [5.74, 6) is 0. The fraction of sp³-hybridized carbons (Fsp3) is 1.00. The van der Waals surface area contributed by atoms with E-state index < -0.39 is 0 Å². The molecule has 0 amide bonds. The average molecular weight is 262 g/mol. The van der Waals surface area contributed by atoms with E-state index in [0.717, 1.165) is 0 Å². The Morgan fingerprint density at radius 2 is 1.18 bits per heavy atom. The van der Waals surface area contributed by atoms with Crippen LogP contribution in [0.25, 0.3) is 0 Å². The minimum atomic E-state index is 0. The van der Waals surface area contributed by atoms with Crippen molar-refractivity contribution in [3.8, 4) is 0 Å². The van der Waals surface area contributed by atoms with Gasteiger partial charge < -0.3 is 0 Å². The van der Waals surface area contributed by atoms with E-state index in [2.05, 4.69) is 13.8 Å². The summed E-state index contributed by atoms with van der Waals surface area (Å²) in [7, 11) is 0. The maximum atomic E-state index is 2.29. The summed E-state index contributed by atoms with van der Waals surface area (Å²) in [5, 5.41) is 3.28. The zero-order valence-corrected chi connectivity index (χ0v) is 12.4. The second kappa shape index (κ2) is 17.3. The van der Waals surface area contributed by atoms with Gasteiger partial charge in [-0.05, 0) is 0 Å². The first-order valence-electron chi connectivity index (χ1n) is 4.41. The van der Waals surface area contributed by atoms with E-state index in [1.165, 1.54) is 25.7 Å². The molecule has 0 aromatic heterocycles. The van der Waals surface area contributed by atoms with Crippen molar-refractivity contribution in [1.82, 2.24) is 0 Å². The van der Waals surface area contributed by atoms with Crippen LogP contribution in [0.2, 0.25) is 10.5 Å². The summed E-state index contributed by atoms with van der Waals surface area (Å²) < 4.78 is 0. The average Bonchev–Trinajstić information content (AvgIpc) is 1.89. The number of halogens is 2. The number of rotatable bonds is 6. The third kappa shape index (κ3) is 18.2. The van der Waals surface area contributed by atoms with Crippen LogP contribution in [0, 0.1) is 0 Å². The van der Waals surface area contributed by atoms with Crippen LogP contribution in [0.1, 0.15) is 39.5 Å². The van der Waals surface area contributed by atoms with E-state index in [0.29, 0.717) is 0 Å². The van der Waals surface area contributed by atoms with E-state index in [1.54, 1.807) is 10.5 Å². The molecule has 0 saturated carbocycles. The van der Waals surface area contributed by atoms with Crippen LogP contribution in [-0.4, -0.2) is 15.4 Å². The Morgan fingerprint density at radius 1 is 0.818 bits per heavy atom. The van der Waals surface area contributed by atoms with Crippen LogP contribution in [0.15, 0.2) is 0 Å².